The largest absolute Gasteiger partial charge is 0.378 e. The molecule has 2 fully saturated rings. The first-order chi connectivity index (χ1) is 14.8. The van der Waals surface area contributed by atoms with Gasteiger partial charge in [0, 0.05) is 50.3 Å². The molecule has 5 rings (SSSR count). The number of nitrogens with one attached hydrogen (secondary N) is 1. The summed E-state index contributed by atoms with van der Waals surface area (Å²) in [4.78, 5) is 19.5. The fourth-order valence-corrected chi connectivity index (χ4v) is 5.18. The van der Waals surface area contributed by atoms with Crippen molar-refractivity contribution in [2.45, 2.75) is 57.1 Å². The molecular weight excluding hydrogens is 376 g/mol. The van der Waals surface area contributed by atoms with Crippen LogP contribution in [0.3, 0.4) is 0 Å². The number of imidazole rings is 1. The summed E-state index contributed by atoms with van der Waals surface area (Å²) in [6, 6.07) is 2.63. The predicted molar refractivity (Wildman–Crippen MR) is 120 cm³/mol. The zero-order valence-corrected chi connectivity index (χ0v) is 17.7. The number of piperidine rings is 1. The van der Waals surface area contributed by atoms with Crippen molar-refractivity contribution in [3.63, 3.8) is 0 Å². The third kappa shape index (κ3) is 3.88. The molecule has 7 nitrogen and oxygen atoms in total. The topological polar surface area (TPSA) is 71.3 Å². The van der Waals surface area contributed by atoms with Gasteiger partial charge in [-0.05, 0) is 57.9 Å². The van der Waals surface area contributed by atoms with Crippen LogP contribution in [0.15, 0.2) is 23.5 Å². The summed E-state index contributed by atoms with van der Waals surface area (Å²) in [6.07, 6.45) is 12.1. The molecule has 0 aromatic carbocycles. The Hall–Kier alpha value is -2.25. The van der Waals surface area contributed by atoms with Gasteiger partial charge in [0.25, 0.3) is 0 Å². The first kappa shape index (κ1) is 19.7. The Morgan fingerprint density at radius 3 is 2.97 bits per heavy atom. The maximum absolute atomic E-state index is 5.88. The minimum Gasteiger partial charge on any atom is -0.378 e. The number of likely N-dealkylation sites (tertiary alicyclic amines) is 1. The number of aromatic nitrogens is 4. The molecule has 0 radical (unpaired) electrons. The van der Waals surface area contributed by atoms with E-state index in [0.717, 1.165) is 76.1 Å². The molecule has 1 atom stereocenters. The molecular formula is C23H32N6O. The number of pyridine rings is 1. The van der Waals surface area contributed by atoms with Crippen molar-refractivity contribution in [1.82, 2.24) is 24.4 Å². The number of aromatic amines is 1. The summed E-state index contributed by atoms with van der Waals surface area (Å²) in [5, 5.41) is 1.18. The quantitative estimate of drug-likeness (QED) is 0.455. The second-order valence-corrected chi connectivity index (χ2v) is 8.68. The molecule has 0 bridgehead atoms. The van der Waals surface area contributed by atoms with Gasteiger partial charge < -0.3 is 24.2 Å². The molecule has 2 saturated heterocycles. The molecule has 2 aliphatic rings. The predicted octanol–water partition coefficient (Wildman–Crippen LogP) is 3.75. The van der Waals surface area contributed by atoms with Crippen LogP contribution in [0.4, 0.5) is 0 Å². The first-order valence-electron chi connectivity index (χ1n) is 11.4. The summed E-state index contributed by atoms with van der Waals surface area (Å²) in [5.74, 6) is 1.20. The lowest BCUT2D eigenvalue weighted by atomic mass is 10.0. The summed E-state index contributed by atoms with van der Waals surface area (Å²) >= 11 is 0. The molecule has 0 saturated carbocycles. The van der Waals surface area contributed by atoms with E-state index in [1.54, 1.807) is 0 Å². The molecule has 1 N–H and O–H groups in total. The lowest BCUT2D eigenvalue weighted by Crippen LogP contribution is -2.36. The molecule has 0 spiro atoms. The van der Waals surface area contributed by atoms with Gasteiger partial charge in [-0.15, -0.1) is 0 Å². The second-order valence-electron chi connectivity index (χ2n) is 8.68. The van der Waals surface area contributed by atoms with E-state index in [4.69, 9.17) is 9.72 Å². The van der Waals surface area contributed by atoms with Gasteiger partial charge in [0.05, 0.1) is 17.8 Å². The van der Waals surface area contributed by atoms with Crippen LogP contribution in [0.25, 0.3) is 22.1 Å². The van der Waals surface area contributed by atoms with E-state index in [1.165, 1.54) is 29.6 Å². The molecule has 3 aromatic rings. The molecule has 3 aromatic heterocycles. The number of hydrogen-bond donors (Lipinski definition) is 1. The summed E-state index contributed by atoms with van der Waals surface area (Å²) in [5.41, 5.74) is 3.21. The Labute approximate surface area is 177 Å². The van der Waals surface area contributed by atoms with Crippen molar-refractivity contribution in [2.24, 2.45) is 4.99 Å². The van der Waals surface area contributed by atoms with Gasteiger partial charge in [0.15, 0.2) is 0 Å². The average Bonchev–Trinajstić information content (AvgIpc) is 3.51. The molecule has 1 unspecified atom stereocenters. The highest BCUT2D eigenvalue weighted by Gasteiger charge is 2.26. The number of aliphatic imine (C=N–C) groups is 1. The molecule has 160 valence electrons. The van der Waals surface area contributed by atoms with Gasteiger partial charge >= 0.3 is 0 Å². The third-order valence-electron chi connectivity index (χ3n) is 6.73. The van der Waals surface area contributed by atoms with Crippen molar-refractivity contribution in [2.75, 3.05) is 32.8 Å². The van der Waals surface area contributed by atoms with Crippen LogP contribution in [0, 0.1) is 0 Å². The standard InChI is InChI=1S/C23H32N6O/c1-24-10-3-12-28-13-8-17(9-14-28)29-21(6-5-18-4-2-15-30-18)27-20-16-26-23-19(22(20)29)7-11-25-23/h7,11,16-18H,1-6,8-10,12-15H2,(H,25,26). The highest BCUT2D eigenvalue weighted by molar-refractivity contribution is 6.01. The van der Waals surface area contributed by atoms with E-state index in [2.05, 4.69) is 37.2 Å². The van der Waals surface area contributed by atoms with E-state index in [-0.39, 0.29) is 0 Å². The van der Waals surface area contributed by atoms with Crippen LogP contribution < -0.4 is 0 Å². The summed E-state index contributed by atoms with van der Waals surface area (Å²) in [7, 11) is 0. The van der Waals surface area contributed by atoms with Crippen LogP contribution in [0.1, 0.15) is 50.4 Å². The van der Waals surface area contributed by atoms with Crippen LogP contribution >= 0.6 is 0 Å². The number of fused-ring (bicyclic) bond motifs is 3. The number of aryl methyl sites for hydroxylation is 1. The number of H-pyrrole nitrogens is 1. The average molecular weight is 409 g/mol. The van der Waals surface area contributed by atoms with E-state index < -0.39 is 0 Å². The zero-order valence-electron chi connectivity index (χ0n) is 17.7. The Balaban J connectivity index is 1.42. The fourth-order valence-electron chi connectivity index (χ4n) is 5.18. The van der Waals surface area contributed by atoms with E-state index in [0.29, 0.717) is 12.1 Å². The van der Waals surface area contributed by atoms with Crippen molar-refractivity contribution >= 4 is 28.8 Å². The highest BCUT2D eigenvalue weighted by atomic mass is 16.5. The monoisotopic (exact) mass is 408 g/mol. The van der Waals surface area contributed by atoms with Gasteiger partial charge in [0.1, 0.15) is 17.0 Å². The van der Waals surface area contributed by atoms with Crippen LogP contribution in [0.5, 0.6) is 0 Å². The van der Waals surface area contributed by atoms with Crippen molar-refractivity contribution in [3.8, 4) is 0 Å². The lowest BCUT2D eigenvalue weighted by Gasteiger charge is -2.33. The van der Waals surface area contributed by atoms with Gasteiger partial charge in [-0.3, -0.25) is 0 Å². The summed E-state index contributed by atoms with van der Waals surface area (Å²) in [6.45, 7) is 8.75. The van der Waals surface area contributed by atoms with Crippen LogP contribution in [-0.2, 0) is 11.2 Å². The second kappa shape index (κ2) is 8.86. The number of hydrogen-bond acceptors (Lipinski definition) is 5. The Kier molecular flexibility index (Phi) is 5.82. The van der Waals surface area contributed by atoms with Gasteiger partial charge in [-0.1, -0.05) is 0 Å². The molecule has 0 amide bonds. The molecule has 0 aliphatic carbocycles. The lowest BCUT2D eigenvalue weighted by molar-refractivity contribution is 0.103. The maximum Gasteiger partial charge on any atom is 0.139 e. The third-order valence-corrected chi connectivity index (χ3v) is 6.73. The van der Waals surface area contributed by atoms with Crippen molar-refractivity contribution < 1.29 is 4.74 Å². The van der Waals surface area contributed by atoms with Crippen molar-refractivity contribution in [3.05, 3.63) is 24.3 Å². The van der Waals surface area contributed by atoms with E-state index >= 15 is 0 Å². The van der Waals surface area contributed by atoms with Gasteiger partial charge in [-0.2, -0.15) is 0 Å². The fraction of sp³-hybridized carbons (Fsp3) is 0.609. The minimum absolute atomic E-state index is 0.393. The normalized spacial score (nSPS) is 21.1. The van der Waals surface area contributed by atoms with E-state index in [9.17, 15) is 0 Å². The molecule has 30 heavy (non-hydrogen) atoms. The van der Waals surface area contributed by atoms with Crippen LogP contribution in [0.2, 0.25) is 0 Å². The number of ether oxygens (including phenoxy) is 1. The molecule has 7 heteroatoms. The zero-order chi connectivity index (χ0) is 20.3. The van der Waals surface area contributed by atoms with Crippen molar-refractivity contribution in [1.29, 1.82) is 0 Å². The number of rotatable bonds is 8. The maximum atomic E-state index is 5.88. The van der Waals surface area contributed by atoms with Crippen LogP contribution in [-0.4, -0.2) is 70.0 Å². The SMILES string of the molecule is C=NCCCN1CCC(n2c(CCC3CCCO3)nc3cnc4[nH]ccc4c32)CC1. The van der Waals surface area contributed by atoms with Gasteiger partial charge in [0.2, 0.25) is 0 Å². The van der Waals surface area contributed by atoms with E-state index in [1.807, 2.05) is 12.4 Å². The Bertz CT molecular complexity index is 994. The molecule has 2 aliphatic heterocycles. The van der Waals surface area contributed by atoms with Gasteiger partial charge in [-0.25, -0.2) is 9.97 Å². The highest BCUT2D eigenvalue weighted by Crippen LogP contribution is 2.33. The Morgan fingerprint density at radius 1 is 1.27 bits per heavy atom. The summed E-state index contributed by atoms with van der Waals surface area (Å²) < 4.78 is 8.43. The smallest absolute Gasteiger partial charge is 0.139 e. The first-order valence-corrected chi connectivity index (χ1v) is 11.4. The molecule has 5 heterocycles. The Morgan fingerprint density at radius 2 is 2.17 bits per heavy atom. The number of nitrogens with zero attached hydrogens (tertiary/aromatic N) is 5. The minimum atomic E-state index is 0.393.